The predicted molar refractivity (Wildman–Crippen MR) is 66.3 cm³/mol. The Morgan fingerprint density at radius 1 is 1.39 bits per heavy atom. The molecular weight excluding hydrogens is 234 g/mol. The zero-order chi connectivity index (χ0) is 12.8. The van der Waals surface area contributed by atoms with Crippen LogP contribution in [0.15, 0.2) is 12.4 Å². The Morgan fingerprint density at radius 3 is 3.06 bits per heavy atom. The van der Waals surface area contributed by atoms with Crippen LogP contribution < -0.4 is 10.6 Å². The fraction of sp³-hybridized carbons (Fsp3) is 0.600. The number of ether oxygens (including phenoxy) is 1. The molecule has 8 heteroatoms. The summed E-state index contributed by atoms with van der Waals surface area (Å²) in [6, 6.07) is 0. The van der Waals surface area contributed by atoms with Gasteiger partial charge in [0.15, 0.2) is 11.5 Å². The van der Waals surface area contributed by atoms with Gasteiger partial charge in [0, 0.05) is 19.6 Å². The molecule has 98 valence electrons. The van der Waals surface area contributed by atoms with Crippen molar-refractivity contribution in [2.75, 3.05) is 37.7 Å². The number of aromatic nitrogens is 5. The van der Waals surface area contributed by atoms with Gasteiger partial charge in [0.2, 0.25) is 0 Å². The highest BCUT2D eigenvalue weighted by atomic mass is 16.5. The zero-order valence-corrected chi connectivity index (χ0v) is 10.4. The second-order valence-electron chi connectivity index (χ2n) is 3.70. The molecule has 0 aliphatic carbocycles. The normalized spacial score (nSPS) is 11.0. The molecule has 2 aromatic rings. The van der Waals surface area contributed by atoms with E-state index >= 15 is 0 Å². The van der Waals surface area contributed by atoms with E-state index in [1.165, 1.54) is 0 Å². The summed E-state index contributed by atoms with van der Waals surface area (Å²) in [5, 5.41) is 11.5. The molecule has 2 rings (SSSR count). The molecule has 0 fully saturated rings. The maximum Gasteiger partial charge on any atom is 0.199 e. The van der Waals surface area contributed by atoms with Crippen molar-refractivity contribution in [2.24, 2.45) is 5.73 Å². The van der Waals surface area contributed by atoms with Crippen molar-refractivity contribution in [3.8, 4) is 0 Å². The van der Waals surface area contributed by atoms with Crippen LogP contribution in [-0.4, -0.2) is 57.9 Å². The Morgan fingerprint density at radius 2 is 2.28 bits per heavy atom. The van der Waals surface area contributed by atoms with E-state index in [1.54, 1.807) is 16.9 Å². The minimum absolute atomic E-state index is 0.538. The van der Waals surface area contributed by atoms with Crippen LogP contribution in [-0.2, 0) is 4.74 Å². The Kier molecular flexibility index (Phi) is 4.37. The predicted octanol–water partition coefficient (Wildman–Crippen LogP) is -0.679. The monoisotopic (exact) mass is 251 g/mol. The van der Waals surface area contributed by atoms with Crippen molar-refractivity contribution in [2.45, 2.75) is 6.92 Å². The fourth-order valence-electron chi connectivity index (χ4n) is 1.67. The Bertz CT molecular complexity index is 486. The van der Waals surface area contributed by atoms with Crippen molar-refractivity contribution in [3.05, 3.63) is 12.4 Å². The highest BCUT2D eigenvalue weighted by Crippen LogP contribution is 2.12. The van der Waals surface area contributed by atoms with Gasteiger partial charge in [-0.1, -0.05) is 0 Å². The van der Waals surface area contributed by atoms with Crippen LogP contribution in [0.3, 0.4) is 0 Å². The minimum Gasteiger partial charge on any atom is -0.378 e. The van der Waals surface area contributed by atoms with Gasteiger partial charge < -0.3 is 15.4 Å². The molecule has 0 atom stereocenters. The van der Waals surface area contributed by atoms with Crippen LogP contribution in [0.1, 0.15) is 6.92 Å². The van der Waals surface area contributed by atoms with Gasteiger partial charge in [-0.3, -0.25) is 4.98 Å². The molecular formula is C10H17N7O. The van der Waals surface area contributed by atoms with Crippen LogP contribution in [0.5, 0.6) is 0 Å². The van der Waals surface area contributed by atoms with Crippen molar-refractivity contribution in [1.29, 1.82) is 0 Å². The van der Waals surface area contributed by atoms with Gasteiger partial charge >= 0.3 is 0 Å². The summed E-state index contributed by atoms with van der Waals surface area (Å²) in [7, 11) is 0. The standard InChI is InChI=1S/C10H17N7O/c1-2-16(4-6-18-5-3-11)10-8-12-7-9-13-14-15-17(9)10/h7-8H,2-6,11H2,1H3. The molecule has 0 saturated heterocycles. The molecule has 0 aliphatic rings. The second kappa shape index (κ2) is 6.22. The van der Waals surface area contributed by atoms with Crippen molar-refractivity contribution in [1.82, 2.24) is 25.0 Å². The number of rotatable bonds is 7. The van der Waals surface area contributed by atoms with Crippen molar-refractivity contribution in [3.63, 3.8) is 0 Å². The van der Waals surface area contributed by atoms with E-state index in [1.807, 2.05) is 0 Å². The largest absolute Gasteiger partial charge is 0.378 e. The summed E-state index contributed by atoms with van der Waals surface area (Å²) < 4.78 is 7.05. The highest BCUT2D eigenvalue weighted by molar-refractivity contribution is 5.45. The van der Waals surface area contributed by atoms with Gasteiger partial charge in [-0.15, -0.1) is 5.10 Å². The summed E-state index contributed by atoms with van der Waals surface area (Å²) >= 11 is 0. The molecule has 2 N–H and O–H groups in total. The van der Waals surface area contributed by atoms with E-state index in [9.17, 15) is 0 Å². The van der Waals surface area contributed by atoms with Crippen LogP contribution in [0, 0.1) is 0 Å². The molecule has 18 heavy (non-hydrogen) atoms. The lowest BCUT2D eigenvalue weighted by atomic mass is 10.4. The Labute approximate surface area is 105 Å². The summed E-state index contributed by atoms with van der Waals surface area (Å²) in [6.07, 6.45) is 3.37. The van der Waals surface area contributed by atoms with Gasteiger partial charge in [-0.05, 0) is 17.4 Å². The fourth-order valence-corrected chi connectivity index (χ4v) is 1.67. The summed E-state index contributed by atoms with van der Waals surface area (Å²) in [6.45, 7) is 5.36. The quantitative estimate of drug-likeness (QED) is 0.651. The number of anilines is 1. The van der Waals surface area contributed by atoms with Crippen LogP contribution in [0.2, 0.25) is 0 Å². The molecule has 0 bridgehead atoms. The number of fused-ring (bicyclic) bond motifs is 1. The maximum absolute atomic E-state index is 5.38. The van der Waals surface area contributed by atoms with E-state index in [0.29, 0.717) is 25.4 Å². The van der Waals surface area contributed by atoms with Gasteiger partial charge in [0.25, 0.3) is 0 Å². The lowest BCUT2D eigenvalue weighted by molar-refractivity contribution is 0.147. The second-order valence-corrected chi connectivity index (χ2v) is 3.70. The molecule has 0 saturated carbocycles. The lowest BCUT2D eigenvalue weighted by Crippen LogP contribution is -2.29. The summed E-state index contributed by atoms with van der Waals surface area (Å²) in [5.41, 5.74) is 6.00. The smallest absolute Gasteiger partial charge is 0.199 e. The Balaban J connectivity index is 2.09. The van der Waals surface area contributed by atoms with E-state index in [-0.39, 0.29) is 0 Å². The molecule has 0 radical (unpaired) electrons. The number of tetrazole rings is 1. The zero-order valence-electron chi connectivity index (χ0n) is 10.4. The van der Waals surface area contributed by atoms with E-state index in [2.05, 4.69) is 32.3 Å². The topological polar surface area (TPSA) is 94.5 Å². The maximum atomic E-state index is 5.38. The van der Waals surface area contributed by atoms with E-state index in [0.717, 1.165) is 18.9 Å². The van der Waals surface area contributed by atoms with Gasteiger partial charge in [0.05, 0.1) is 25.6 Å². The SMILES string of the molecule is CCN(CCOCCN)c1cncc2nnnn12. The number of nitrogens with two attached hydrogens (primary N) is 1. The summed E-state index contributed by atoms with van der Waals surface area (Å²) in [5.74, 6) is 0.858. The first-order chi connectivity index (χ1) is 8.86. The number of hydrogen-bond acceptors (Lipinski definition) is 7. The van der Waals surface area contributed by atoms with Crippen molar-refractivity contribution >= 4 is 11.5 Å². The van der Waals surface area contributed by atoms with E-state index < -0.39 is 0 Å². The molecule has 0 unspecified atom stereocenters. The van der Waals surface area contributed by atoms with Gasteiger partial charge in [-0.2, -0.15) is 4.52 Å². The first-order valence-corrected chi connectivity index (χ1v) is 5.91. The molecule has 8 nitrogen and oxygen atoms in total. The summed E-state index contributed by atoms with van der Waals surface area (Å²) in [4.78, 5) is 6.24. The average Bonchev–Trinajstić information content (AvgIpc) is 2.87. The number of nitrogens with zero attached hydrogens (tertiary/aromatic N) is 6. The van der Waals surface area contributed by atoms with Crippen LogP contribution in [0.4, 0.5) is 5.82 Å². The van der Waals surface area contributed by atoms with E-state index in [4.69, 9.17) is 10.5 Å². The average molecular weight is 251 g/mol. The van der Waals surface area contributed by atoms with Gasteiger partial charge in [0.1, 0.15) is 0 Å². The van der Waals surface area contributed by atoms with Crippen LogP contribution >= 0.6 is 0 Å². The third-order valence-corrected chi connectivity index (χ3v) is 2.56. The molecule has 0 aliphatic heterocycles. The third kappa shape index (κ3) is 2.71. The lowest BCUT2D eigenvalue weighted by Gasteiger charge is -2.22. The van der Waals surface area contributed by atoms with Crippen LogP contribution in [0.25, 0.3) is 5.65 Å². The molecule has 2 aromatic heterocycles. The highest BCUT2D eigenvalue weighted by Gasteiger charge is 2.10. The number of hydrogen-bond donors (Lipinski definition) is 1. The van der Waals surface area contributed by atoms with Crippen molar-refractivity contribution < 1.29 is 4.74 Å². The van der Waals surface area contributed by atoms with Gasteiger partial charge in [-0.25, -0.2) is 0 Å². The molecule has 0 amide bonds. The number of likely N-dealkylation sites (N-methyl/N-ethyl adjacent to an activating group) is 1. The molecule has 0 spiro atoms. The molecule has 2 heterocycles. The minimum atomic E-state index is 0.538. The molecule has 0 aromatic carbocycles. The Hall–Kier alpha value is -1.80. The third-order valence-electron chi connectivity index (χ3n) is 2.56. The first kappa shape index (κ1) is 12.7. The first-order valence-electron chi connectivity index (χ1n) is 5.91.